The number of likely N-dealkylation sites (tertiary alicyclic amines) is 1. The minimum atomic E-state index is 0.393. The van der Waals surface area contributed by atoms with Crippen LogP contribution in [0.3, 0.4) is 0 Å². The molecule has 1 aliphatic rings. The number of rotatable bonds is 5. The maximum atomic E-state index is 6.02. The van der Waals surface area contributed by atoms with Gasteiger partial charge in [-0.25, -0.2) is 0 Å². The maximum Gasteiger partial charge on any atom is 0.0567 e. The molecule has 2 heterocycles. The molecule has 0 radical (unpaired) electrons. The average Bonchev–Trinajstić information content (AvgIpc) is 2.78. The van der Waals surface area contributed by atoms with E-state index in [2.05, 4.69) is 23.3 Å². The fourth-order valence-corrected chi connectivity index (χ4v) is 3.97. The van der Waals surface area contributed by atoms with Crippen LogP contribution in [0.5, 0.6) is 0 Å². The van der Waals surface area contributed by atoms with Crippen LogP contribution in [0.2, 0.25) is 0 Å². The fourth-order valence-electron chi connectivity index (χ4n) is 2.90. The Morgan fingerprint density at radius 3 is 3.06 bits per heavy atom. The zero-order chi connectivity index (χ0) is 13.0. The van der Waals surface area contributed by atoms with Crippen molar-refractivity contribution < 1.29 is 4.74 Å². The van der Waals surface area contributed by atoms with Crippen molar-refractivity contribution in [2.24, 2.45) is 11.7 Å². The molecule has 18 heavy (non-hydrogen) atoms. The van der Waals surface area contributed by atoms with Crippen LogP contribution in [0.15, 0.2) is 11.4 Å². The standard InChI is InChI=1S/C14H24N2OS/c1-11-5-7-18-14(11)13(8-15)16-6-3-4-12(9-16)10-17-2/h5,7,12-13H,3-4,6,8-10,15H2,1-2H3. The Hall–Kier alpha value is -0.420. The van der Waals surface area contributed by atoms with Crippen LogP contribution < -0.4 is 5.73 Å². The predicted octanol–water partition coefficient (Wildman–Crippen LogP) is 2.41. The van der Waals surface area contributed by atoms with Gasteiger partial charge in [-0.1, -0.05) is 0 Å². The number of ether oxygens (including phenoxy) is 1. The van der Waals surface area contributed by atoms with Gasteiger partial charge in [0.2, 0.25) is 0 Å². The van der Waals surface area contributed by atoms with Gasteiger partial charge in [0.1, 0.15) is 0 Å². The van der Waals surface area contributed by atoms with E-state index in [4.69, 9.17) is 10.5 Å². The molecule has 0 bridgehead atoms. The van der Waals surface area contributed by atoms with Crippen molar-refractivity contribution in [3.05, 3.63) is 21.9 Å². The molecular weight excluding hydrogens is 244 g/mol. The number of aryl methyl sites for hydroxylation is 1. The highest BCUT2D eigenvalue weighted by atomic mass is 32.1. The Morgan fingerprint density at radius 2 is 2.44 bits per heavy atom. The number of nitrogens with zero attached hydrogens (tertiary/aromatic N) is 1. The van der Waals surface area contributed by atoms with Crippen molar-refractivity contribution in [2.75, 3.05) is 33.4 Å². The summed E-state index contributed by atoms with van der Waals surface area (Å²) in [6.07, 6.45) is 2.54. The summed E-state index contributed by atoms with van der Waals surface area (Å²) in [5, 5.41) is 2.17. The molecule has 0 spiro atoms. The van der Waals surface area contributed by atoms with Crippen molar-refractivity contribution >= 4 is 11.3 Å². The molecular formula is C14H24N2OS. The van der Waals surface area contributed by atoms with Crippen LogP contribution in [0, 0.1) is 12.8 Å². The molecule has 0 amide bonds. The van der Waals surface area contributed by atoms with E-state index in [1.807, 2.05) is 11.3 Å². The second kappa shape index (κ2) is 6.66. The third-order valence-corrected chi connectivity index (χ3v) is 4.94. The lowest BCUT2D eigenvalue weighted by molar-refractivity contribution is 0.0704. The molecule has 1 aromatic rings. The van der Waals surface area contributed by atoms with E-state index in [-0.39, 0.29) is 0 Å². The number of methoxy groups -OCH3 is 1. The van der Waals surface area contributed by atoms with Crippen molar-refractivity contribution in [3.8, 4) is 0 Å². The summed E-state index contributed by atoms with van der Waals surface area (Å²) in [6, 6.07) is 2.59. The van der Waals surface area contributed by atoms with Crippen LogP contribution in [0.1, 0.15) is 29.3 Å². The topological polar surface area (TPSA) is 38.5 Å². The Kier molecular flexibility index (Phi) is 5.18. The zero-order valence-electron chi connectivity index (χ0n) is 11.4. The van der Waals surface area contributed by atoms with Crippen LogP contribution in [-0.2, 0) is 4.74 Å². The van der Waals surface area contributed by atoms with Crippen LogP contribution in [0.4, 0.5) is 0 Å². The van der Waals surface area contributed by atoms with Gasteiger partial charge in [-0.05, 0) is 49.2 Å². The second-order valence-electron chi connectivity index (χ2n) is 5.18. The molecule has 0 aromatic carbocycles. The Bertz CT molecular complexity index is 364. The molecule has 4 heteroatoms. The number of hydrogen-bond acceptors (Lipinski definition) is 4. The number of hydrogen-bond donors (Lipinski definition) is 1. The van der Waals surface area contributed by atoms with Gasteiger partial charge in [-0.15, -0.1) is 11.3 Å². The van der Waals surface area contributed by atoms with E-state index in [0.29, 0.717) is 18.5 Å². The van der Waals surface area contributed by atoms with Crippen LogP contribution >= 0.6 is 11.3 Å². The van der Waals surface area contributed by atoms with Crippen LogP contribution in [0.25, 0.3) is 0 Å². The highest BCUT2D eigenvalue weighted by Crippen LogP contribution is 2.31. The zero-order valence-corrected chi connectivity index (χ0v) is 12.2. The van der Waals surface area contributed by atoms with Crippen LogP contribution in [-0.4, -0.2) is 38.3 Å². The fraction of sp³-hybridized carbons (Fsp3) is 0.714. The molecule has 2 rings (SSSR count). The lowest BCUT2D eigenvalue weighted by Crippen LogP contribution is -2.42. The normalized spacial score (nSPS) is 23.2. The van der Waals surface area contributed by atoms with E-state index in [9.17, 15) is 0 Å². The number of thiophene rings is 1. The van der Waals surface area contributed by atoms with Crippen molar-refractivity contribution in [3.63, 3.8) is 0 Å². The summed E-state index contributed by atoms with van der Waals surface area (Å²) in [6.45, 7) is 6.05. The summed E-state index contributed by atoms with van der Waals surface area (Å²) < 4.78 is 5.30. The molecule has 3 nitrogen and oxygen atoms in total. The van der Waals surface area contributed by atoms with E-state index in [1.165, 1.54) is 29.8 Å². The molecule has 2 N–H and O–H groups in total. The lowest BCUT2D eigenvalue weighted by atomic mass is 9.96. The molecule has 102 valence electrons. The van der Waals surface area contributed by atoms with Crippen molar-refractivity contribution in [1.82, 2.24) is 4.90 Å². The third-order valence-electron chi connectivity index (χ3n) is 3.82. The molecule has 1 saturated heterocycles. The van der Waals surface area contributed by atoms with Gasteiger partial charge >= 0.3 is 0 Å². The minimum absolute atomic E-state index is 0.393. The molecule has 1 fully saturated rings. The van der Waals surface area contributed by atoms with Gasteiger partial charge in [-0.2, -0.15) is 0 Å². The molecule has 0 aliphatic carbocycles. The second-order valence-corrected chi connectivity index (χ2v) is 6.13. The molecule has 1 aliphatic heterocycles. The first kappa shape index (κ1) is 14.0. The summed E-state index contributed by atoms with van der Waals surface area (Å²) in [5.74, 6) is 0.665. The Morgan fingerprint density at radius 1 is 1.61 bits per heavy atom. The summed E-state index contributed by atoms with van der Waals surface area (Å²) in [5.41, 5.74) is 7.40. The quantitative estimate of drug-likeness (QED) is 0.891. The number of piperidine rings is 1. The van der Waals surface area contributed by atoms with Gasteiger partial charge < -0.3 is 10.5 Å². The highest BCUT2D eigenvalue weighted by molar-refractivity contribution is 7.10. The molecule has 2 atom stereocenters. The van der Waals surface area contributed by atoms with Crippen molar-refractivity contribution in [2.45, 2.75) is 25.8 Å². The van der Waals surface area contributed by atoms with Crippen molar-refractivity contribution in [1.29, 1.82) is 0 Å². The summed E-state index contributed by atoms with van der Waals surface area (Å²) >= 11 is 1.84. The first-order valence-corrected chi connectivity index (χ1v) is 7.61. The summed E-state index contributed by atoms with van der Waals surface area (Å²) in [7, 11) is 1.79. The van der Waals surface area contributed by atoms with Gasteiger partial charge in [0.05, 0.1) is 12.6 Å². The maximum absolute atomic E-state index is 6.02. The molecule has 0 saturated carbocycles. The van der Waals surface area contributed by atoms with E-state index in [0.717, 1.165) is 13.2 Å². The van der Waals surface area contributed by atoms with E-state index in [1.54, 1.807) is 7.11 Å². The smallest absolute Gasteiger partial charge is 0.0567 e. The largest absolute Gasteiger partial charge is 0.384 e. The van der Waals surface area contributed by atoms with E-state index >= 15 is 0 Å². The minimum Gasteiger partial charge on any atom is -0.384 e. The van der Waals surface area contributed by atoms with Gasteiger partial charge in [0, 0.05) is 25.1 Å². The molecule has 1 aromatic heterocycles. The van der Waals surface area contributed by atoms with Gasteiger partial charge in [-0.3, -0.25) is 4.90 Å². The number of nitrogens with two attached hydrogens (primary N) is 1. The summed E-state index contributed by atoms with van der Waals surface area (Å²) in [4.78, 5) is 3.99. The van der Waals surface area contributed by atoms with E-state index < -0.39 is 0 Å². The first-order valence-electron chi connectivity index (χ1n) is 6.73. The average molecular weight is 268 g/mol. The third kappa shape index (κ3) is 3.12. The molecule has 2 unspecified atom stereocenters. The highest BCUT2D eigenvalue weighted by Gasteiger charge is 2.27. The Balaban J connectivity index is 2.06. The SMILES string of the molecule is COCC1CCCN(C(CN)c2sccc2C)C1. The predicted molar refractivity (Wildman–Crippen MR) is 77.0 cm³/mol. The monoisotopic (exact) mass is 268 g/mol. The van der Waals surface area contributed by atoms with Gasteiger partial charge in [0.25, 0.3) is 0 Å². The lowest BCUT2D eigenvalue weighted by Gasteiger charge is -2.37. The first-order chi connectivity index (χ1) is 8.76. The Labute approximate surface area is 114 Å². The van der Waals surface area contributed by atoms with Gasteiger partial charge in [0.15, 0.2) is 0 Å².